The summed E-state index contributed by atoms with van der Waals surface area (Å²) in [5.41, 5.74) is 1.32. The molecule has 1 amide bonds. The van der Waals surface area contributed by atoms with Gasteiger partial charge in [-0.2, -0.15) is 0 Å². The smallest absolute Gasteiger partial charge is 0.222 e. The van der Waals surface area contributed by atoms with E-state index in [0.29, 0.717) is 12.5 Å². The predicted octanol–water partition coefficient (Wildman–Crippen LogP) is 2.22. The number of nitrogens with zero attached hydrogens (tertiary/aromatic N) is 1. The average Bonchev–Trinajstić information content (AvgIpc) is 2.48. The summed E-state index contributed by atoms with van der Waals surface area (Å²) in [5, 5.41) is 3.36. The molecule has 1 atom stereocenters. The molecule has 1 fully saturated rings. The molecule has 1 aliphatic rings. The first-order valence-corrected chi connectivity index (χ1v) is 7.27. The van der Waals surface area contributed by atoms with Gasteiger partial charge in [0.05, 0.1) is 0 Å². The van der Waals surface area contributed by atoms with E-state index in [1.165, 1.54) is 12.0 Å². The lowest BCUT2D eigenvalue weighted by atomic mass is 10.0. The number of hydrogen-bond donors (Lipinski definition) is 1. The molecule has 104 valence electrons. The number of hydrogen-bond acceptors (Lipinski definition) is 2. The lowest BCUT2D eigenvalue weighted by molar-refractivity contribution is -0.132. The molecule has 0 radical (unpaired) electrons. The van der Waals surface area contributed by atoms with Crippen molar-refractivity contribution in [2.24, 2.45) is 0 Å². The van der Waals surface area contributed by atoms with E-state index < -0.39 is 0 Å². The molecule has 1 N–H and O–H groups in total. The Bertz CT molecular complexity index is 385. The summed E-state index contributed by atoms with van der Waals surface area (Å²) in [6, 6.07) is 10.8. The molecule has 1 heterocycles. The van der Waals surface area contributed by atoms with Gasteiger partial charge in [-0.05, 0) is 37.8 Å². The van der Waals surface area contributed by atoms with Crippen LogP contribution in [0.3, 0.4) is 0 Å². The van der Waals surface area contributed by atoms with Crippen LogP contribution in [0, 0.1) is 0 Å². The molecule has 1 aromatic carbocycles. The normalized spacial score (nSPS) is 19.1. The summed E-state index contributed by atoms with van der Waals surface area (Å²) < 4.78 is 0. The summed E-state index contributed by atoms with van der Waals surface area (Å²) in [6.45, 7) is 2.04. The topological polar surface area (TPSA) is 32.3 Å². The molecule has 3 nitrogen and oxygen atoms in total. The third-order valence-corrected chi connectivity index (χ3v) is 3.91. The number of likely N-dealkylation sites (N-methyl/N-ethyl adjacent to an activating group) is 1. The van der Waals surface area contributed by atoms with Gasteiger partial charge in [-0.25, -0.2) is 0 Å². The van der Waals surface area contributed by atoms with E-state index in [0.717, 1.165) is 32.4 Å². The molecular formula is C16H24N2O. The Hall–Kier alpha value is -1.35. The molecule has 1 aliphatic heterocycles. The highest BCUT2D eigenvalue weighted by molar-refractivity contribution is 5.76. The van der Waals surface area contributed by atoms with Gasteiger partial charge < -0.3 is 10.2 Å². The van der Waals surface area contributed by atoms with Crippen LogP contribution >= 0.6 is 0 Å². The van der Waals surface area contributed by atoms with Gasteiger partial charge in [0.2, 0.25) is 5.91 Å². The van der Waals surface area contributed by atoms with Gasteiger partial charge in [0.15, 0.2) is 0 Å². The highest BCUT2D eigenvalue weighted by atomic mass is 16.2. The molecule has 3 heteroatoms. The number of benzene rings is 1. The molecule has 2 rings (SSSR count). The largest absolute Gasteiger partial charge is 0.342 e. The number of amides is 1. The van der Waals surface area contributed by atoms with Crippen LogP contribution in [-0.2, 0) is 11.2 Å². The highest BCUT2D eigenvalue weighted by Gasteiger charge is 2.21. The minimum atomic E-state index is 0.282. The van der Waals surface area contributed by atoms with Gasteiger partial charge in [0, 0.05) is 26.1 Å². The SMILES string of the molecule is CN(C(=O)CCCc1ccccc1)C1CCCNC1. The van der Waals surface area contributed by atoms with Crippen LogP contribution in [-0.4, -0.2) is 37.0 Å². The quantitative estimate of drug-likeness (QED) is 0.880. The Labute approximate surface area is 116 Å². The average molecular weight is 260 g/mol. The Morgan fingerprint density at radius 2 is 2.16 bits per heavy atom. The molecule has 0 spiro atoms. The van der Waals surface area contributed by atoms with Crippen molar-refractivity contribution in [1.29, 1.82) is 0 Å². The second-order valence-electron chi connectivity index (χ2n) is 5.34. The van der Waals surface area contributed by atoms with Gasteiger partial charge in [-0.15, -0.1) is 0 Å². The zero-order valence-electron chi connectivity index (χ0n) is 11.8. The van der Waals surface area contributed by atoms with Gasteiger partial charge in [0.1, 0.15) is 0 Å². The van der Waals surface area contributed by atoms with E-state index in [-0.39, 0.29) is 5.91 Å². The Balaban J connectivity index is 1.71. The molecule has 19 heavy (non-hydrogen) atoms. The van der Waals surface area contributed by atoms with Crippen LogP contribution in [0.15, 0.2) is 30.3 Å². The maximum atomic E-state index is 12.1. The summed E-state index contributed by atoms with van der Waals surface area (Å²) in [4.78, 5) is 14.1. The van der Waals surface area contributed by atoms with Gasteiger partial charge >= 0.3 is 0 Å². The number of piperidine rings is 1. The number of carbonyl (C=O) groups is 1. The van der Waals surface area contributed by atoms with Crippen molar-refractivity contribution < 1.29 is 4.79 Å². The number of carbonyl (C=O) groups excluding carboxylic acids is 1. The third-order valence-electron chi connectivity index (χ3n) is 3.91. The van der Waals surface area contributed by atoms with E-state index in [1.807, 2.05) is 18.0 Å². The van der Waals surface area contributed by atoms with Crippen LogP contribution in [0.4, 0.5) is 0 Å². The Kier molecular flexibility index (Phi) is 5.40. The summed E-state index contributed by atoms with van der Waals surface area (Å²) in [7, 11) is 1.95. The van der Waals surface area contributed by atoms with Crippen molar-refractivity contribution in [2.45, 2.75) is 38.1 Å². The number of aryl methyl sites for hydroxylation is 1. The monoisotopic (exact) mass is 260 g/mol. The number of rotatable bonds is 5. The zero-order chi connectivity index (χ0) is 13.5. The van der Waals surface area contributed by atoms with E-state index in [9.17, 15) is 4.79 Å². The van der Waals surface area contributed by atoms with Crippen molar-refractivity contribution in [3.8, 4) is 0 Å². The summed E-state index contributed by atoms with van der Waals surface area (Å²) in [6.07, 6.45) is 4.89. The molecule has 0 aliphatic carbocycles. The van der Waals surface area contributed by atoms with Crippen molar-refractivity contribution >= 4 is 5.91 Å². The highest BCUT2D eigenvalue weighted by Crippen LogP contribution is 2.11. The second kappa shape index (κ2) is 7.29. The van der Waals surface area contributed by atoms with Crippen molar-refractivity contribution in [3.63, 3.8) is 0 Å². The standard InChI is InChI=1S/C16H24N2O/c1-18(15-10-6-12-17-13-15)16(19)11-5-9-14-7-3-2-4-8-14/h2-4,7-8,15,17H,5-6,9-13H2,1H3. The van der Waals surface area contributed by atoms with Crippen LogP contribution in [0.5, 0.6) is 0 Å². The Morgan fingerprint density at radius 3 is 2.84 bits per heavy atom. The fourth-order valence-electron chi connectivity index (χ4n) is 2.63. The number of nitrogens with one attached hydrogen (secondary N) is 1. The van der Waals surface area contributed by atoms with E-state index in [4.69, 9.17) is 0 Å². The second-order valence-corrected chi connectivity index (χ2v) is 5.34. The van der Waals surface area contributed by atoms with Gasteiger partial charge in [-0.1, -0.05) is 30.3 Å². The van der Waals surface area contributed by atoms with E-state index in [1.54, 1.807) is 0 Å². The first-order chi connectivity index (χ1) is 9.27. The maximum Gasteiger partial charge on any atom is 0.222 e. The fraction of sp³-hybridized carbons (Fsp3) is 0.562. The fourth-order valence-corrected chi connectivity index (χ4v) is 2.63. The van der Waals surface area contributed by atoms with Gasteiger partial charge in [0.25, 0.3) is 0 Å². The maximum absolute atomic E-state index is 12.1. The molecule has 0 saturated carbocycles. The van der Waals surface area contributed by atoms with Crippen molar-refractivity contribution in [1.82, 2.24) is 10.2 Å². The van der Waals surface area contributed by atoms with Crippen LogP contribution < -0.4 is 5.32 Å². The lowest BCUT2D eigenvalue weighted by Crippen LogP contribution is -2.46. The van der Waals surface area contributed by atoms with Crippen LogP contribution in [0.1, 0.15) is 31.2 Å². The van der Waals surface area contributed by atoms with Crippen LogP contribution in [0.2, 0.25) is 0 Å². The first kappa shape index (κ1) is 14.1. The minimum Gasteiger partial charge on any atom is -0.342 e. The summed E-state index contributed by atoms with van der Waals surface area (Å²) >= 11 is 0. The van der Waals surface area contributed by atoms with Crippen LogP contribution in [0.25, 0.3) is 0 Å². The predicted molar refractivity (Wildman–Crippen MR) is 78.0 cm³/mol. The molecule has 0 bridgehead atoms. The van der Waals surface area contributed by atoms with E-state index >= 15 is 0 Å². The summed E-state index contributed by atoms with van der Waals surface area (Å²) in [5.74, 6) is 0.282. The molecule has 1 saturated heterocycles. The first-order valence-electron chi connectivity index (χ1n) is 7.27. The molecule has 0 aromatic heterocycles. The van der Waals surface area contributed by atoms with E-state index in [2.05, 4.69) is 29.6 Å². The van der Waals surface area contributed by atoms with Crippen molar-refractivity contribution in [2.75, 3.05) is 20.1 Å². The third kappa shape index (κ3) is 4.35. The zero-order valence-corrected chi connectivity index (χ0v) is 11.8. The molecular weight excluding hydrogens is 236 g/mol. The minimum absolute atomic E-state index is 0.282. The van der Waals surface area contributed by atoms with Gasteiger partial charge in [-0.3, -0.25) is 4.79 Å². The lowest BCUT2D eigenvalue weighted by Gasteiger charge is -2.31. The molecule has 1 aromatic rings. The Morgan fingerprint density at radius 1 is 1.37 bits per heavy atom. The molecule has 1 unspecified atom stereocenters. The van der Waals surface area contributed by atoms with Crippen molar-refractivity contribution in [3.05, 3.63) is 35.9 Å².